The third-order valence-electron chi connectivity index (χ3n) is 2.81. The topological polar surface area (TPSA) is 29.1 Å². The number of rotatable bonds is 5. The quantitative estimate of drug-likeness (QED) is 0.852. The number of amides is 1. The summed E-state index contributed by atoms with van der Waals surface area (Å²) >= 11 is 1.52. The number of hydrogen-bond acceptors (Lipinski definition) is 2. The maximum absolute atomic E-state index is 12.8. The number of benzene rings is 2. The van der Waals surface area contributed by atoms with Crippen molar-refractivity contribution in [2.75, 3.05) is 0 Å². The molecule has 2 nitrogen and oxygen atoms in total. The zero-order valence-corrected chi connectivity index (χ0v) is 12.0. The Hall–Kier alpha value is -1.81. The van der Waals surface area contributed by atoms with Crippen LogP contribution in [-0.4, -0.2) is 11.2 Å². The van der Waals surface area contributed by atoms with Gasteiger partial charge in [0.2, 0.25) is 5.91 Å². The molecule has 1 atom stereocenters. The van der Waals surface area contributed by atoms with Crippen molar-refractivity contribution in [2.45, 2.75) is 23.6 Å². The van der Waals surface area contributed by atoms with Crippen molar-refractivity contribution >= 4 is 17.7 Å². The number of hydrogen-bond donors (Lipinski definition) is 1. The van der Waals surface area contributed by atoms with E-state index in [9.17, 15) is 9.18 Å². The monoisotopic (exact) mass is 289 g/mol. The molecule has 0 heterocycles. The van der Waals surface area contributed by atoms with E-state index < -0.39 is 0 Å². The Morgan fingerprint density at radius 1 is 1.15 bits per heavy atom. The number of nitrogens with one attached hydrogen (secondary N) is 1. The van der Waals surface area contributed by atoms with Crippen molar-refractivity contribution in [1.29, 1.82) is 0 Å². The highest BCUT2D eigenvalue weighted by atomic mass is 32.2. The summed E-state index contributed by atoms with van der Waals surface area (Å²) < 4.78 is 12.8. The maximum Gasteiger partial charge on any atom is 0.233 e. The zero-order valence-electron chi connectivity index (χ0n) is 11.2. The van der Waals surface area contributed by atoms with Gasteiger partial charge in [0.1, 0.15) is 5.82 Å². The largest absolute Gasteiger partial charge is 0.351 e. The number of carbonyl (C=O) groups excluding carboxylic acids is 1. The number of halogens is 1. The van der Waals surface area contributed by atoms with E-state index in [1.807, 2.05) is 37.3 Å². The van der Waals surface area contributed by atoms with Crippen LogP contribution in [0.15, 0.2) is 59.5 Å². The van der Waals surface area contributed by atoms with Gasteiger partial charge < -0.3 is 5.32 Å². The second-order valence-electron chi connectivity index (χ2n) is 4.42. The molecule has 0 saturated heterocycles. The van der Waals surface area contributed by atoms with Crippen LogP contribution < -0.4 is 5.32 Å². The van der Waals surface area contributed by atoms with Crippen LogP contribution in [-0.2, 0) is 11.3 Å². The summed E-state index contributed by atoms with van der Waals surface area (Å²) in [7, 11) is 0. The average Bonchev–Trinajstić information content (AvgIpc) is 2.47. The molecule has 0 aliphatic carbocycles. The van der Waals surface area contributed by atoms with E-state index in [2.05, 4.69) is 5.32 Å². The van der Waals surface area contributed by atoms with E-state index >= 15 is 0 Å². The van der Waals surface area contributed by atoms with E-state index in [1.54, 1.807) is 12.1 Å². The molecular formula is C16H16FNOS. The van der Waals surface area contributed by atoms with Crippen molar-refractivity contribution in [1.82, 2.24) is 5.32 Å². The molecule has 0 aliphatic rings. The van der Waals surface area contributed by atoms with Crippen LogP contribution in [0.3, 0.4) is 0 Å². The van der Waals surface area contributed by atoms with Gasteiger partial charge >= 0.3 is 0 Å². The van der Waals surface area contributed by atoms with E-state index in [-0.39, 0.29) is 17.0 Å². The van der Waals surface area contributed by atoms with Gasteiger partial charge in [-0.3, -0.25) is 4.79 Å². The van der Waals surface area contributed by atoms with Crippen molar-refractivity contribution in [3.8, 4) is 0 Å². The smallest absolute Gasteiger partial charge is 0.233 e. The van der Waals surface area contributed by atoms with Gasteiger partial charge in [-0.15, -0.1) is 11.8 Å². The van der Waals surface area contributed by atoms with Crippen LogP contribution in [0.4, 0.5) is 4.39 Å². The Balaban J connectivity index is 1.83. The molecule has 1 amide bonds. The van der Waals surface area contributed by atoms with Crippen molar-refractivity contribution in [2.24, 2.45) is 0 Å². The molecule has 0 aromatic heterocycles. The Bertz CT molecular complexity index is 556. The lowest BCUT2D eigenvalue weighted by atomic mass is 10.2. The van der Waals surface area contributed by atoms with Crippen LogP contribution in [0.25, 0.3) is 0 Å². The van der Waals surface area contributed by atoms with Crippen LogP contribution in [0.5, 0.6) is 0 Å². The minimum absolute atomic E-state index is 0.0248. The second-order valence-corrected chi connectivity index (χ2v) is 5.83. The minimum atomic E-state index is -0.270. The first-order valence-corrected chi connectivity index (χ1v) is 7.27. The van der Waals surface area contributed by atoms with E-state index in [0.29, 0.717) is 6.54 Å². The fourth-order valence-electron chi connectivity index (χ4n) is 1.69. The fraction of sp³-hybridized carbons (Fsp3) is 0.188. The SMILES string of the molecule is C[C@H](Sc1ccccc1)C(=O)NCc1ccc(F)cc1. The summed E-state index contributed by atoms with van der Waals surface area (Å²) in [5, 5.41) is 2.69. The highest BCUT2D eigenvalue weighted by Gasteiger charge is 2.13. The Morgan fingerprint density at radius 2 is 1.80 bits per heavy atom. The normalized spacial score (nSPS) is 11.9. The summed E-state index contributed by atoms with van der Waals surface area (Å²) in [5.74, 6) is -0.295. The van der Waals surface area contributed by atoms with Gasteiger partial charge in [0, 0.05) is 11.4 Å². The molecule has 0 spiro atoms. The number of carbonyl (C=O) groups is 1. The molecule has 0 bridgehead atoms. The van der Waals surface area contributed by atoms with Gasteiger partial charge in [0.15, 0.2) is 0 Å². The first-order valence-electron chi connectivity index (χ1n) is 6.39. The third kappa shape index (κ3) is 4.38. The maximum atomic E-state index is 12.8. The van der Waals surface area contributed by atoms with Gasteiger partial charge in [-0.2, -0.15) is 0 Å². The molecule has 2 rings (SSSR count). The van der Waals surface area contributed by atoms with Crippen LogP contribution >= 0.6 is 11.8 Å². The van der Waals surface area contributed by atoms with E-state index in [1.165, 1.54) is 23.9 Å². The molecule has 2 aromatic rings. The molecule has 104 valence electrons. The Morgan fingerprint density at radius 3 is 2.45 bits per heavy atom. The first-order chi connectivity index (χ1) is 9.65. The lowest BCUT2D eigenvalue weighted by molar-refractivity contribution is -0.120. The van der Waals surface area contributed by atoms with Gasteiger partial charge in [-0.25, -0.2) is 4.39 Å². The lowest BCUT2D eigenvalue weighted by Crippen LogP contribution is -2.30. The molecule has 1 N–H and O–H groups in total. The van der Waals surface area contributed by atoms with Crippen molar-refractivity contribution in [3.05, 3.63) is 66.0 Å². The van der Waals surface area contributed by atoms with Gasteiger partial charge in [0.05, 0.1) is 5.25 Å². The molecule has 0 unspecified atom stereocenters. The Kier molecular flexibility index (Phi) is 5.18. The van der Waals surface area contributed by atoms with Crippen LogP contribution in [0.1, 0.15) is 12.5 Å². The lowest BCUT2D eigenvalue weighted by Gasteiger charge is -2.12. The van der Waals surface area contributed by atoms with Crippen molar-refractivity contribution < 1.29 is 9.18 Å². The molecule has 0 aliphatic heterocycles. The predicted molar refractivity (Wildman–Crippen MR) is 80.0 cm³/mol. The fourth-order valence-corrected chi connectivity index (χ4v) is 2.60. The van der Waals surface area contributed by atoms with Gasteiger partial charge in [-0.1, -0.05) is 30.3 Å². The average molecular weight is 289 g/mol. The zero-order chi connectivity index (χ0) is 14.4. The molecule has 0 saturated carbocycles. The van der Waals surface area contributed by atoms with Gasteiger partial charge in [0.25, 0.3) is 0 Å². The summed E-state index contributed by atoms with van der Waals surface area (Å²) in [6.07, 6.45) is 0. The summed E-state index contributed by atoms with van der Waals surface area (Å²) in [4.78, 5) is 13.0. The summed E-state index contributed by atoms with van der Waals surface area (Å²) in [6.45, 7) is 2.29. The third-order valence-corrected chi connectivity index (χ3v) is 3.92. The van der Waals surface area contributed by atoms with E-state index in [0.717, 1.165) is 10.5 Å². The van der Waals surface area contributed by atoms with E-state index in [4.69, 9.17) is 0 Å². The highest BCUT2D eigenvalue weighted by Crippen LogP contribution is 2.22. The standard InChI is InChI=1S/C16H16FNOS/c1-12(20-15-5-3-2-4-6-15)16(19)18-11-13-7-9-14(17)10-8-13/h2-10,12H,11H2,1H3,(H,18,19)/t12-/m0/s1. The first kappa shape index (κ1) is 14.6. The summed E-state index contributed by atoms with van der Waals surface area (Å²) in [6, 6.07) is 15.9. The molecule has 20 heavy (non-hydrogen) atoms. The van der Waals surface area contributed by atoms with Crippen LogP contribution in [0, 0.1) is 5.82 Å². The molecule has 2 aromatic carbocycles. The van der Waals surface area contributed by atoms with Gasteiger partial charge in [-0.05, 0) is 36.8 Å². The molecular weight excluding hydrogens is 273 g/mol. The predicted octanol–water partition coefficient (Wildman–Crippen LogP) is 3.62. The minimum Gasteiger partial charge on any atom is -0.351 e. The molecule has 4 heteroatoms. The highest BCUT2D eigenvalue weighted by molar-refractivity contribution is 8.00. The molecule has 0 radical (unpaired) electrons. The second kappa shape index (κ2) is 7.10. The van der Waals surface area contributed by atoms with Crippen LogP contribution in [0.2, 0.25) is 0 Å². The number of thioether (sulfide) groups is 1. The van der Waals surface area contributed by atoms with Crippen molar-refractivity contribution in [3.63, 3.8) is 0 Å². The summed E-state index contributed by atoms with van der Waals surface area (Å²) in [5.41, 5.74) is 0.886. The molecule has 0 fully saturated rings. The Labute approximate surface area is 122 Å².